The molecule has 8 nitrogen and oxygen atoms in total. The Balaban J connectivity index is 1.22. The summed E-state index contributed by atoms with van der Waals surface area (Å²) in [7, 11) is 0. The molecule has 4 aliphatic rings. The molecule has 1 aromatic carbocycles. The van der Waals surface area contributed by atoms with E-state index in [1.54, 1.807) is 0 Å². The minimum atomic E-state index is -0.517. The second-order valence-corrected chi connectivity index (χ2v) is 11.7. The van der Waals surface area contributed by atoms with Gasteiger partial charge in [0.15, 0.2) is 0 Å². The van der Waals surface area contributed by atoms with Crippen molar-refractivity contribution >= 4 is 18.0 Å². The van der Waals surface area contributed by atoms with E-state index in [1.165, 1.54) is 0 Å². The molecule has 0 aliphatic heterocycles. The van der Waals surface area contributed by atoms with Crippen LogP contribution in [0.15, 0.2) is 36.4 Å². The Bertz CT molecular complexity index is 1070. The van der Waals surface area contributed by atoms with E-state index in [9.17, 15) is 9.59 Å². The summed E-state index contributed by atoms with van der Waals surface area (Å²) in [6, 6.07) is 11.5. The third-order valence-corrected chi connectivity index (χ3v) is 7.70. The fourth-order valence-corrected chi connectivity index (χ4v) is 5.69. The number of nitrogens with zero attached hydrogens (tertiary/aromatic N) is 2. The van der Waals surface area contributed by atoms with Crippen molar-refractivity contribution in [2.24, 2.45) is 11.8 Å². The molecule has 3 atom stereocenters. The highest BCUT2D eigenvalue weighted by atomic mass is 16.6. The Morgan fingerprint density at radius 2 is 1.83 bits per heavy atom. The molecule has 0 unspecified atom stereocenters. The zero-order valence-electron chi connectivity index (χ0n) is 21.0. The minimum absolute atomic E-state index is 0.0180. The molecule has 4 aliphatic carbocycles. The molecule has 2 bridgehead atoms. The molecule has 0 radical (unpaired) electrons. The van der Waals surface area contributed by atoms with Gasteiger partial charge in [-0.25, -0.2) is 14.3 Å². The normalized spacial score (nSPS) is 29.0. The number of alkyl carbamates (subject to hydrolysis) is 1. The number of hydrogen-bond donors (Lipinski definition) is 2. The number of nitrogens with one attached hydrogen (secondary N) is 2. The first-order chi connectivity index (χ1) is 16.6. The van der Waals surface area contributed by atoms with Gasteiger partial charge in [-0.1, -0.05) is 37.3 Å². The molecule has 6 rings (SSSR count). The standard InChI is InChI=1S/C27H36N4O4/c1-17-10-20(11-22(17)35-25(33)29-27-13-19(14-27)15-27)21-12-23(31(30-21)26(2,3)4)28-24(32)34-16-18-8-6-5-7-9-18/h5-9,12,17,19-20,22H,10-11,13-16H2,1-4H3,(H,28,32)(H,29,33)/t17-,19?,20+,22+,27?/m1/s1. The first kappa shape index (κ1) is 23.7. The number of carbonyl (C=O) groups is 2. The van der Waals surface area contributed by atoms with Crippen molar-refractivity contribution < 1.29 is 19.1 Å². The van der Waals surface area contributed by atoms with Gasteiger partial charge in [-0.15, -0.1) is 0 Å². The van der Waals surface area contributed by atoms with Crippen molar-refractivity contribution in [3.05, 3.63) is 47.7 Å². The fourth-order valence-electron chi connectivity index (χ4n) is 5.69. The molecule has 2 amide bonds. The third-order valence-electron chi connectivity index (χ3n) is 7.70. The van der Waals surface area contributed by atoms with Crippen LogP contribution in [0.3, 0.4) is 0 Å². The number of hydrogen-bond acceptors (Lipinski definition) is 5. The molecule has 1 aromatic heterocycles. The van der Waals surface area contributed by atoms with Crippen molar-refractivity contribution in [1.29, 1.82) is 0 Å². The van der Waals surface area contributed by atoms with E-state index in [2.05, 4.69) is 17.6 Å². The zero-order valence-corrected chi connectivity index (χ0v) is 21.0. The molecule has 188 valence electrons. The van der Waals surface area contributed by atoms with E-state index in [0.29, 0.717) is 5.82 Å². The summed E-state index contributed by atoms with van der Waals surface area (Å²) in [5.74, 6) is 1.80. The van der Waals surface area contributed by atoms with Crippen LogP contribution in [-0.4, -0.2) is 33.6 Å². The molecule has 2 N–H and O–H groups in total. The lowest BCUT2D eigenvalue weighted by atomic mass is 9.50. The van der Waals surface area contributed by atoms with Gasteiger partial charge in [-0.2, -0.15) is 5.10 Å². The molecule has 2 aromatic rings. The highest BCUT2D eigenvalue weighted by Crippen LogP contribution is 2.57. The lowest BCUT2D eigenvalue weighted by Crippen LogP contribution is -2.68. The summed E-state index contributed by atoms with van der Waals surface area (Å²) >= 11 is 0. The molecule has 4 fully saturated rings. The van der Waals surface area contributed by atoms with Crippen LogP contribution < -0.4 is 10.6 Å². The van der Waals surface area contributed by atoms with Crippen molar-refractivity contribution in [1.82, 2.24) is 15.1 Å². The summed E-state index contributed by atoms with van der Waals surface area (Å²) in [4.78, 5) is 25.0. The molecular weight excluding hydrogens is 444 g/mol. The van der Waals surface area contributed by atoms with Crippen LogP contribution in [0.5, 0.6) is 0 Å². The number of rotatable bonds is 6. The van der Waals surface area contributed by atoms with Gasteiger partial charge in [-0.3, -0.25) is 5.32 Å². The molecule has 8 heteroatoms. The number of aromatic nitrogens is 2. The van der Waals surface area contributed by atoms with Gasteiger partial charge < -0.3 is 14.8 Å². The Labute approximate surface area is 206 Å². The van der Waals surface area contributed by atoms with Gasteiger partial charge in [0, 0.05) is 17.5 Å². The quantitative estimate of drug-likeness (QED) is 0.565. The third kappa shape index (κ3) is 5.02. The molecule has 35 heavy (non-hydrogen) atoms. The summed E-state index contributed by atoms with van der Waals surface area (Å²) in [5, 5.41) is 10.8. The SMILES string of the molecule is C[C@@H]1C[C@H](c2cc(NC(=O)OCc3ccccc3)n(C(C)(C)C)n2)C[C@@H]1OC(=O)NC12CC(C1)C2. The maximum Gasteiger partial charge on any atom is 0.413 e. The van der Waals surface area contributed by atoms with Crippen LogP contribution in [-0.2, 0) is 21.6 Å². The van der Waals surface area contributed by atoms with Gasteiger partial charge in [-0.05, 0) is 70.3 Å². The topological polar surface area (TPSA) is 94.5 Å². The smallest absolute Gasteiger partial charge is 0.413 e. The molecule has 0 saturated heterocycles. The first-order valence-electron chi connectivity index (χ1n) is 12.7. The number of anilines is 1. The van der Waals surface area contributed by atoms with Crippen molar-refractivity contribution in [2.45, 2.75) is 89.5 Å². The number of carbonyl (C=O) groups excluding carboxylic acids is 2. The van der Waals surface area contributed by atoms with Crippen LogP contribution in [0, 0.1) is 11.8 Å². The fraction of sp³-hybridized carbons (Fsp3) is 0.593. The summed E-state index contributed by atoms with van der Waals surface area (Å²) in [5.41, 5.74) is 1.51. The highest BCUT2D eigenvalue weighted by molar-refractivity contribution is 5.83. The molecule has 1 heterocycles. The summed E-state index contributed by atoms with van der Waals surface area (Å²) < 4.78 is 13.1. The lowest BCUT2D eigenvalue weighted by Gasteiger charge is -2.61. The zero-order chi connectivity index (χ0) is 24.8. The largest absolute Gasteiger partial charge is 0.446 e. The lowest BCUT2D eigenvalue weighted by molar-refractivity contribution is -0.0520. The van der Waals surface area contributed by atoms with E-state index in [0.717, 1.165) is 49.3 Å². The second-order valence-electron chi connectivity index (χ2n) is 11.7. The Hall–Kier alpha value is -3.03. The number of amides is 2. The van der Waals surface area contributed by atoms with Crippen LogP contribution in [0.1, 0.15) is 77.0 Å². The van der Waals surface area contributed by atoms with Gasteiger partial charge in [0.05, 0.1) is 11.2 Å². The van der Waals surface area contributed by atoms with Crippen LogP contribution in [0.2, 0.25) is 0 Å². The Kier molecular flexibility index (Phi) is 6.01. The van der Waals surface area contributed by atoms with E-state index < -0.39 is 6.09 Å². The van der Waals surface area contributed by atoms with E-state index >= 15 is 0 Å². The van der Waals surface area contributed by atoms with E-state index in [4.69, 9.17) is 14.6 Å². The Morgan fingerprint density at radius 3 is 2.46 bits per heavy atom. The number of ether oxygens (including phenoxy) is 2. The Morgan fingerprint density at radius 1 is 1.11 bits per heavy atom. The molecule has 4 saturated carbocycles. The first-order valence-corrected chi connectivity index (χ1v) is 12.7. The maximum absolute atomic E-state index is 12.5. The van der Waals surface area contributed by atoms with Crippen molar-refractivity contribution in [2.75, 3.05) is 5.32 Å². The van der Waals surface area contributed by atoms with Gasteiger partial charge in [0.25, 0.3) is 0 Å². The average molecular weight is 481 g/mol. The predicted octanol–water partition coefficient (Wildman–Crippen LogP) is 5.55. The molecule has 0 spiro atoms. The van der Waals surface area contributed by atoms with Crippen LogP contribution >= 0.6 is 0 Å². The van der Waals surface area contributed by atoms with Gasteiger partial charge >= 0.3 is 12.2 Å². The van der Waals surface area contributed by atoms with Crippen LogP contribution in [0.4, 0.5) is 15.4 Å². The van der Waals surface area contributed by atoms with E-state index in [-0.39, 0.29) is 41.7 Å². The van der Waals surface area contributed by atoms with Crippen molar-refractivity contribution in [3.8, 4) is 0 Å². The van der Waals surface area contributed by atoms with E-state index in [1.807, 2.05) is 61.9 Å². The second kappa shape index (κ2) is 8.88. The maximum atomic E-state index is 12.5. The number of benzene rings is 1. The predicted molar refractivity (Wildman–Crippen MR) is 132 cm³/mol. The molecular formula is C27H36N4O4. The van der Waals surface area contributed by atoms with Crippen LogP contribution in [0.25, 0.3) is 0 Å². The highest BCUT2D eigenvalue weighted by Gasteiger charge is 2.57. The summed E-state index contributed by atoms with van der Waals surface area (Å²) in [6.45, 7) is 8.46. The van der Waals surface area contributed by atoms with Crippen molar-refractivity contribution in [3.63, 3.8) is 0 Å². The monoisotopic (exact) mass is 480 g/mol. The average Bonchev–Trinajstić information content (AvgIpc) is 3.33. The van der Waals surface area contributed by atoms with Gasteiger partial charge in [0.1, 0.15) is 18.5 Å². The minimum Gasteiger partial charge on any atom is -0.446 e. The van der Waals surface area contributed by atoms with Gasteiger partial charge in [0.2, 0.25) is 0 Å². The summed E-state index contributed by atoms with van der Waals surface area (Å²) in [6.07, 6.45) is 3.95.